The SMILES string of the molecule is Cc1ccc(N2C(=O)C(C)(C)C(=O)C2n2cncn2)cc1. The lowest BCUT2D eigenvalue weighted by atomic mass is 9.90. The van der Waals surface area contributed by atoms with Crippen LogP contribution in [0.5, 0.6) is 0 Å². The summed E-state index contributed by atoms with van der Waals surface area (Å²) in [7, 11) is 0. The zero-order valence-corrected chi connectivity index (χ0v) is 12.1. The van der Waals surface area contributed by atoms with Crippen molar-refractivity contribution in [3.05, 3.63) is 42.5 Å². The van der Waals surface area contributed by atoms with Crippen LogP contribution in [0, 0.1) is 12.3 Å². The Morgan fingerprint density at radius 3 is 2.38 bits per heavy atom. The molecule has 6 nitrogen and oxygen atoms in total. The number of aromatic nitrogens is 3. The van der Waals surface area contributed by atoms with Crippen molar-refractivity contribution in [1.82, 2.24) is 14.8 Å². The van der Waals surface area contributed by atoms with Gasteiger partial charge >= 0.3 is 0 Å². The fourth-order valence-electron chi connectivity index (χ4n) is 2.50. The third kappa shape index (κ3) is 1.94. The number of carbonyl (C=O) groups excluding carboxylic acids is 2. The Kier molecular flexibility index (Phi) is 2.90. The molecule has 1 fully saturated rings. The molecule has 0 saturated carbocycles. The van der Waals surface area contributed by atoms with Gasteiger partial charge in [0.1, 0.15) is 18.1 Å². The highest BCUT2D eigenvalue weighted by molar-refractivity contribution is 6.21. The molecule has 1 atom stereocenters. The van der Waals surface area contributed by atoms with Crippen LogP contribution < -0.4 is 4.90 Å². The molecule has 1 saturated heterocycles. The average Bonchev–Trinajstić information content (AvgIpc) is 3.03. The summed E-state index contributed by atoms with van der Waals surface area (Å²) in [5.41, 5.74) is 0.708. The molecule has 0 bridgehead atoms. The normalized spacial score (nSPS) is 21.1. The number of anilines is 1. The second kappa shape index (κ2) is 4.51. The van der Waals surface area contributed by atoms with Crippen LogP contribution in [-0.4, -0.2) is 26.5 Å². The second-order valence-corrected chi connectivity index (χ2v) is 5.75. The fraction of sp³-hybridized carbons (Fsp3) is 0.333. The van der Waals surface area contributed by atoms with E-state index in [1.807, 2.05) is 31.2 Å². The number of rotatable bonds is 2. The smallest absolute Gasteiger partial charge is 0.242 e. The van der Waals surface area contributed by atoms with Gasteiger partial charge in [-0.25, -0.2) is 9.67 Å². The van der Waals surface area contributed by atoms with E-state index in [1.54, 1.807) is 13.8 Å². The summed E-state index contributed by atoms with van der Waals surface area (Å²) in [6.07, 6.45) is 2.03. The van der Waals surface area contributed by atoms with Crippen molar-refractivity contribution in [3.63, 3.8) is 0 Å². The molecule has 0 radical (unpaired) electrons. The molecule has 0 N–H and O–H groups in total. The number of Topliss-reactive ketones (excluding diaryl/α,β-unsaturated/α-hetero) is 1. The third-order valence-electron chi connectivity index (χ3n) is 3.85. The molecule has 108 valence electrons. The fourth-order valence-corrected chi connectivity index (χ4v) is 2.50. The standard InChI is InChI=1S/C15H16N4O2/c1-10-4-6-11(7-5-10)19-13(18-9-16-8-17-18)12(20)15(2,3)14(19)21/h4-9,13H,1-3H3. The number of nitrogens with zero attached hydrogens (tertiary/aromatic N) is 4. The Balaban J connectivity index is 2.13. The summed E-state index contributed by atoms with van der Waals surface area (Å²) in [5, 5.41) is 4.03. The van der Waals surface area contributed by atoms with E-state index < -0.39 is 11.6 Å². The van der Waals surface area contributed by atoms with E-state index in [1.165, 1.54) is 22.2 Å². The molecule has 1 unspecified atom stereocenters. The topological polar surface area (TPSA) is 68.1 Å². The van der Waals surface area contributed by atoms with Gasteiger partial charge < -0.3 is 0 Å². The lowest BCUT2D eigenvalue weighted by Crippen LogP contribution is -2.34. The molecule has 0 aliphatic carbocycles. The Bertz CT molecular complexity index is 689. The number of ketones is 1. The second-order valence-electron chi connectivity index (χ2n) is 5.75. The molecule has 21 heavy (non-hydrogen) atoms. The maximum absolute atomic E-state index is 12.7. The van der Waals surface area contributed by atoms with Crippen LogP contribution in [0.15, 0.2) is 36.9 Å². The Labute approximate surface area is 122 Å². The molecule has 6 heteroatoms. The monoisotopic (exact) mass is 284 g/mol. The van der Waals surface area contributed by atoms with Crippen molar-refractivity contribution in [2.24, 2.45) is 5.41 Å². The van der Waals surface area contributed by atoms with Crippen LogP contribution in [0.1, 0.15) is 25.6 Å². The molecule has 1 aliphatic heterocycles. The maximum atomic E-state index is 12.7. The van der Waals surface area contributed by atoms with E-state index in [-0.39, 0.29) is 11.7 Å². The first-order valence-electron chi connectivity index (χ1n) is 6.71. The molecule has 0 spiro atoms. The van der Waals surface area contributed by atoms with Gasteiger partial charge in [0, 0.05) is 5.69 Å². The van der Waals surface area contributed by atoms with Gasteiger partial charge in [-0.3, -0.25) is 14.5 Å². The molecular formula is C15H16N4O2. The van der Waals surface area contributed by atoms with Crippen molar-refractivity contribution in [1.29, 1.82) is 0 Å². The summed E-state index contributed by atoms with van der Waals surface area (Å²) >= 11 is 0. The minimum Gasteiger partial charge on any atom is -0.294 e. The summed E-state index contributed by atoms with van der Waals surface area (Å²) in [6, 6.07) is 7.51. The summed E-state index contributed by atoms with van der Waals surface area (Å²) in [6.45, 7) is 5.27. The molecule has 2 heterocycles. The number of benzene rings is 1. The predicted octanol–water partition coefficient (Wildman–Crippen LogP) is 1.73. The highest BCUT2D eigenvalue weighted by Crippen LogP contribution is 2.40. The van der Waals surface area contributed by atoms with Gasteiger partial charge in [-0.15, -0.1) is 0 Å². The average molecular weight is 284 g/mol. The first-order chi connectivity index (χ1) is 9.93. The zero-order valence-electron chi connectivity index (χ0n) is 12.1. The van der Waals surface area contributed by atoms with E-state index in [0.717, 1.165) is 5.56 Å². The van der Waals surface area contributed by atoms with E-state index in [4.69, 9.17) is 0 Å². The molecular weight excluding hydrogens is 268 g/mol. The number of hydrogen-bond donors (Lipinski definition) is 0. The first kappa shape index (κ1) is 13.5. The van der Waals surface area contributed by atoms with E-state index >= 15 is 0 Å². The van der Waals surface area contributed by atoms with Crippen LogP contribution in [0.25, 0.3) is 0 Å². The predicted molar refractivity (Wildman–Crippen MR) is 76.5 cm³/mol. The van der Waals surface area contributed by atoms with Crippen molar-refractivity contribution in [2.45, 2.75) is 26.9 Å². The number of hydrogen-bond acceptors (Lipinski definition) is 4. The van der Waals surface area contributed by atoms with E-state index in [2.05, 4.69) is 10.1 Å². The summed E-state index contributed by atoms with van der Waals surface area (Å²) in [5.74, 6) is -0.407. The highest BCUT2D eigenvalue weighted by Gasteiger charge is 2.54. The molecule has 1 amide bonds. The van der Waals surface area contributed by atoms with Crippen molar-refractivity contribution < 1.29 is 9.59 Å². The van der Waals surface area contributed by atoms with E-state index in [0.29, 0.717) is 5.69 Å². The van der Waals surface area contributed by atoms with Crippen molar-refractivity contribution in [3.8, 4) is 0 Å². The van der Waals surface area contributed by atoms with Gasteiger partial charge in [-0.2, -0.15) is 5.10 Å². The van der Waals surface area contributed by atoms with Gasteiger partial charge in [-0.1, -0.05) is 17.7 Å². The summed E-state index contributed by atoms with van der Waals surface area (Å²) < 4.78 is 1.43. The summed E-state index contributed by atoms with van der Waals surface area (Å²) in [4.78, 5) is 30.7. The molecule has 3 rings (SSSR count). The number of carbonyl (C=O) groups is 2. The van der Waals surface area contributed by atoms with Crippen molar-refractivity contribution in [2.75, 3.05) is 4.90 Å². The van der Waals surface area contributed by atoms with E-state index in [9.17, 15) is 9.59 Å². The molecule has 1 aromatic heterocycles. The molecule has 1 aromatic carbocycles. The van der Waals surface area contributed by atoms with Gasteiger partial charge in [0.05, 0.1) is 0 Å². The molecule has 1 aliphatic rings. The van der Waals surface area contributed by atoms with Gasteiger partial charge in [0.15, 0.2) is 11.9 Å². The van der Waals surface area contributed by atoms with Crippen LogP contribution >= 0.6 is 0 Å². The Morgan fingerprint density at radius 1 is 1.14 bits per heavy atom. The molecule has 2 aromatic rings. The highest BCUT2D eigenvalue weighted by atomic mass is 16.2. The van der Waals surface area contributed by atoms with Crippen LogP contribution in [0.4, 0.5) is 5.69 Å². The maximum Gasteiger partial charge on any atom is 0.242 e. The van der Waals surface area contributed by atoms with Crippen LogP contribution in [-0.2, 0) is 9.59 Å². The number of aryl methyl sites for hydroxylation is 1. The lowest BCUT2D eigenvalue weighted by molar-refractivity contribution is -0.133. The minimum absolute atomic E-state index is 0.182. The van der Waals surface area contributed by atoms with Gasteiger partial charge in [0.2, 0.25) is 5.91 Å². The third-order valence-corrected chi connectivity index (χ3v) is 3.85. The largest absolute Gasteiger partial charge is 0.294 e. The van der Waals surface area contributed by atoms with Crippen LogP contribution in [0.2, 0.25) is 0 Å². The number of amides is 1. The lowest BCUT2D eigenvalue weighted by Gasteiger charge is -2.23. The van der Waals surface area contributed by atoms with Crippen LogP contribution in [0.3, 0.4) is 0 Å². The Hall–Kier alpha value is -2.50. The van der Waals surface area contributed by atoms with Gasteiger partial charge in [-0.05, 0) is 32.9 Å². The quantitative estimate of drug-likeness (QED) is 0.788. The van der Waals surface area contributed by atoms with Crippen molar-refractivity contribution >= 4 is 17.4 Å². The first-order valence-corrected chi connectivity index (χ1v) is 6.71. The van der Waals surface area contributed by atoms with Gasteiger partial charge in [0.25, 0.3) is 0 Å². The Morgan fingerprint density at radius 2 is 1.81 bits per heavy atom. The minimum atomic E-state index is -1.07. The zero-order chi connectivity index (χ0) is 15.2.